The Morgan fingerprint density at radius 2 is 2.16 bits per heavy atom. The second-order valence-corrected chi connectivity index (χ2v) is 8.64. The molecule has 162 valence electrons. The van der Waals surface area contributed by atoms with Gasteiger partial charge in [0, 0.05) is 30.4 Å². The van der Waals surface area contributed by atoms with Gasteiger partial charge in [-0.1, -0.05) is 0 Å². The van der Waals surface area contributed by atoms with E-state index in [0.717, 1.165) is 30.7 Å². The number of imidazole rings is 1. The Labute approximate surface area is 182 Å². The van der Waals surface area contributed by atoms with Crippen LogP contribution < -0.4 is 10.2 Å². The highest BCUT2D eigenvalue weighted by atomic mass is 19.1. The van der Waals surface area contributed by atoms with Crippen molar-refractivity contribution < 1.29 is 9.18 Å². The van der Waals surface area contributed by atoms with Crippen molar-refractivity contribution in [2.75, 3.05) is 11.4 Å². The molecule has 1 aliphatic heterocycles. The maximum absolute atomic E-state index is 14.3. The fourth-order valence-corrected chi connectivity index (χ4v) is 4.19. The highest BCUT2D eigenvalue weighted by Crippen LogP contribution is 2.36. The van der Waals surface area contributed by atoms with Crippen LogP contribution in [-0.2, 0) is 6.42 Å². The molecule has 32 heavy (non-hydrogen) atoms. The van der Waals surface area contributed by atoms with Crippen LogP contribution in [0.5, 0.6) is 0 Å². The van der Waals surface area contributed by atoms with Crippen molar-refractivity contribution in [1.29, 1.82) is 0 Å². The number of fused-ring (bicyclic) bond motifs is 2. The van der Waals surface area contributed by atoms with Crippen LogP contribution in [0.4, 0.5) is 10.2 Å². The molecule has 0 saturated heterocycles. The Hall–Kier alpha value is -3.82. The van der Waals surface area contributed by atoms with E-state index in [9.17, 15) is 9.18 Å². The molecule has 0 unspecified atom stereocenters. The normalized spacial score (nSPS) is 19.1. The number of H-pyrrole nitrogens is 1. The molecule has 1 saturated carbocycles. The molecule has 5 heterocycles. The molecule has 1 amide bonds. The Morgan fingerprint density at radius 1 is 1.28 bits per heavy atom. The van der Waals surface area contributed by atoms with Crippen LogP contribution in [-0.4, -0.2) is 47.5 Å². The molecule has 9 nitrogen and oxygen atoms in total. The molecule has 10 heteroatoms. The number of carbonyl (C=O) groups is 1. The van der Waals surface area contributed by atoms with Gasteiger partial charge in [-0.3, -0.25) is 4.79 Å². The third-order valence-corrected chi connectivity index (χ3v) is 6.25. The van der Waals surface area contributed by atoms with E-state index >= 15 is 0 Å². The summed E-state index contributed by atoms with van der Waals surface area (Å²) >= 11 is 0. The smallest absolute Gasteiger partial charge is 0.271 e. The number of aromatic amines is 1. The van der Waals surface area contributed by atoms with Crippen molar-refractivity contribution in [2.24, 2.45) is 0 Å². The summed E-state index contributed by atoms with van der Waals surface area (Å²) in [4.78, 5) is 31.1. The van der Waals surface area contributed by atoms with Crippen molar-refractivity contribution >= 4 is 17.2 Å². The molecule has 0 aromatic carbocycles. The maximum Gasteiger partial charge on any atom is 0.271 e. The number of anilines is 1. The average Bonchev–Trinajstić information content (AvgIpc) is 3.19. The number of rotatable bonds is 4. The third-order valence-electron chi connectivity index (χ3n) is 6.25. The van der Waals surface area contributed by atoms with E-state index in [-0.39, 0.29) is 29.0 Å². The largest absolute Gasteiger partial charge is 0.348 e. The summed E-state index contributed by atoms with van der Waals surface area (Å²) in [5, 5.41) is 7.61. The van der Waals surface area contributed by atoms with Crippen molar-refractivity contribution in [3.8, 4) is 0 Å². The van der Waals surface area contributed by atoms with E-state index in [2.05, 4.69) is 30.4 Å². The molecule has 1 atom stereocenters. The number of carbonyl (C=O) groups excluding carboxylic acids is 1. The Kier molecular flexibility index (Phi) is 4.04. The van der Waals surface area contributed by atoms with Gasteiger partial charge in [-0.25, -0.2) is 23.9 Å². The number of nitrogens with zero attached hydrogens (tertiary/aromatic N) is 6. The summed E-state index contributed by atoms with van der Waals surface area (Å²) in [6.07, 6.45) is 9.18. The molecule has 0 spiro atoms. The third kappa shape index (κ3) is 3.10. The van der Waals surface area contributed by atoms with Crippen LogP contribution in [0.15, 0.2) is 43.1 Å². The molecular formula is C22H21FN8O. The minimum atomic E-state index is -0.358. The first kappa shape index (κ1) is 18.9. The first-order chi connectivity index (χ1) is 15.5. The minimum absolute atomic E-state index is 0.121. The Morgan fingerprint density at radius 3 is 2.91 bits per heavy atom. The van der Waals surface area contributed by atoms with Gasteiger partial charge < -0.3 is 15.2 Å². The van der Waals surface area contributed by atoms with Gasteiger partial charge in [-0.05, 0) is 38.0 Å². The summed E-state index contributed by atoms with van der Waals surface area (Å²) in [5.41, 5.74) is 3.07. The zero-order valence-corrected chi connectivity index (χ0v) is 17.4. The standard InChI is InChI=1S/C22H21FN8O/c1-22(5-6-22)28-21(32)16-10-25-18(11-24-16)30-8-4-14-19(27-12-26-14)20(30)15-9-17-13(23)3-2-7-31(17)29-15/h2-3,7,9-12,20H,4-6,8H2,1H3,(H,26,27)(H,28,32)/t20-/m1/s1. The van der Waals surface area contributed by atoms with Crippen molar-refractivity contribution in [3.05, 3.63) is 71.7 Å². The van der Waals surface area contributed by atoms with Crippen molar-refractivity contribution in [2.45, 2.75) is 37.8 Å². The van der Waals surface area contributed by atoms with E-state index in [1.165, 1.54) is 16.8 Å². The van der Waals surface area contributed by atoms with Gasteiger partial charge in [0.2, 0.25) is 0 Å². The fourth-order valence-electron chi connectivity index (χ4n) is 4.19. The molecule has 0 radical (unpaired) electrons. The first-order valence-corrected chi connectivity index (χ1v) is 10.6. The lowest BCUT2D eigenvalue weighted by molar-refractivity contribution is 0.0930. The van der Waals surface area contributed by atoms with Gasteiger partial charge in [0.05, 0.1) is 30.1 Å². The van der Waals surface area contributed by atoms with E-state index in [0.29, 0.717) is 23.6 Å². The predicted octanol–water partition coefficient (Wildman–Crippen LogP) is 2.42. The summed E-state index contributed by atoms with van der Waals surface area (Å²) in [6.45, 7) is 2.67. The number of amides is 1. The van der Waals surface area contributed by atoms with Crippen LogP contribution in [0.3, 0.4) is 0 Å². The zero-order valence-electron chi connectivity index (χ0n) is 17.4. The Bertz CT molecular complexity index is 1320. The van der Waals surface area contributed by atoms with Gasteiger partial charge in [0.1, 0.15) is 28.9 Å². The highest BCUT2D eigenvalue weighted by Gasteiger charge is 2.39. The van der Waals surface area contributed by atoms with Crippen LogP contribution in [0, 0.1) is 5.82 Å². The number of aromatic nitrogens is 6. The van der Waals surface area contributed by atoms with E-state index in [1.807, 2.05) is 11.8 Å². The van der Waals surface area contributed by atoms with Gasteiger partial charge in [0.25, 0.3) is 5.91 Å². The quantitative estimate of drug-likeness (QED) is 0.513. The topological polar surface area (TPSA) is 104 Å². The van der Waals surface area contributed by atoms with Gasteiger partial charge in [-0.2, -0.15) is 5.10 Å². The van der Waals surface area contributed by atoms with E-state index in [1.54, 1.807) is 30.9 Å². The molecule has 2 aliphatic rings. The van der Waals surface area contributed by atoms with Crippen molar-refractivity contribution in [3.63, 3.8) is 0 Å². The molecule has 1 fully saturated rings. The molecular weight excluding hydrogens is 411 g/mol. The number of hydrogen-bond donors (Lipinski definition) is 2. The number of nitrogens with one attached hydrogen (secondary N) is 2. The SMILES string of the molecule is CC1(NC(=O)c2cnc(N3CCc4[nH]cnc4[C@H]3c3cc4c(F)cccn4n3)cn2)CC1. The lowest BCUT2D eigenvalue weighted by atomic mass is 10.00. The number of hydrogen-bond acceptors (Lipinski definition) is 6. The van der Waals surface area contributed by atoms with E-state index in [4.69, 9.17) is 0 Å². The second kappa shape index (κ2) is 6.84. The monoisotopic (exact) mass is 432 g/mol. The molecule has 0 bridgehead atoms. The van der Waals surface area contributed by atoms with Gasteiger partial charge >= 0.3 is 0 Å². The summed E-state index contributed by atoms with van der Waals surface area (Å²) < 4.78 is 15.8. The first-order valence-electron chi connectivity index (χ1n) is 10.6. The lowest BCUT2D eigenvalue weighted by Gasteiger charge is -2.34. The second-order valence-electron chi connectivity index (χ2n) is 8.64. The Balaban J connectivity index is 1.37. The van der Waals surface area contributed by atoms with Crippen LogP contribution in [0.1, 0.15) is 53.4 Å². The minimum Gasteiger partial charge on any atom is -0.348 e. The molecule has 4 aromatic rings. The van der Waals surface area contributed by atoms with Crippen molar-refractivity contribution in [1.82, 2.24) is 34.9 Å². The van der Waals surface area contributed by atoms with Crippen LogP contribution in [0.25, 0.3) is 5.52 Å². The summed E-state index contributed by atoms with van der Waals surface area (Å²) in [7, 11) is 0. The van der Waals surface area contributed by atoms with Gasteiger partial charge in [0.15, 0.2) is 0 Å². The zero-order chi connectivity index (χ0) is 21.9. The predicted molar refractivity (Wildman–Crippen MR) is 114 cm³/mol. The molecule has 2 N–H and O–H groups in total. The molecule has 1 aliphatic carbocycles. The van der Waals surface area contributed by atoms with E-state index < -0.39 is 0 Å². The summed E-state index contributed by atoms with van der Waals surface area (Å²) in [6, 6.07) is 4.41. The van der Waals surface area contributed by atoms with Crippen LogP contribution >= 0.6 is 0 Å². The summed E-state index contributed by atoms with van der Waals surface area (Å²) in [5.74, 6) is 0.0513. The van der Waals surface area contributed by atoms with Gasteiger partial charge in [-0.15, -0.1) is 0 Å². The molecule has 4 aromatic heterocycles. The van der Waals surface area contributed by atoms with Crippen LogP contribution in [0.2, 0.25) is 0 Å². The average molecular weight is 432 g/mol. The fraction of sp³-hybridized carbons (Fsp3) is 0.318. The lowest BCUT2D eigenvalue weighted by Crippen LogP contribution is -2.38. The highest BCUT2D eigenvalue weighted by molar-refractivity contribution is 5.92. The number of pyridine rings is 1. The maximum atomic E-state index is 14.3. The molecule has 6 rings (SSSR count). The number of halogens is 1.